The third-order valence-corrected chi connectivity index (χ3v) is 3.64. The summed E-state index contributed by atoms with van der Waals surface area (Å²) in [6.07, 6.45) is 7.80. The number of hydrogen-bond donors (Lipinski definition) is 1. The summed E-state index contributed by atoms with van der Waals surface area (Å²) in [5.74, 6) is 2.05. The van der Waals surface area contributed by atoms with E-state index in [-0.39, 0.29) is 0 Å². The third-order valence-electron chi connectivity index (χ3n) is 3.64. The van der Waals surface area contributed by atoms with Gasteiger partial charge in [-0.25, -0.2) is 4.98 Å². The summed E-state index contributed by atoms with van der Waals surface area (Å²) in [4.78, 5) is 10.5. The number of anilines is 2. The molecule has 0 saturated heterocycles. The highest BCUT2D eigenvalue weighted by atomic mass is 16.5. The minimum Gasteiger partial charge on any atom is -0.476 e. The number of nitrogens with zero attached hydrogens (tertiary/aromatic N) is 3. The van der Waals surface area contributed by atoms with Crippen molar-refractivity contribution in [2.75, 3.05) is 30.8 Å². The van der Waals surface area contributed by atoms with Crippen molar-refractivity contribution in [2.45, 2.75) is 39.0 Å². The molecular formula is C14H24N4O. The first-order valence-electron chi connectivity index (χ1n) is 7.16. The summed E-state index contributed by atoms with van der Waals surface area (Å²) in [7, 11) is 2.04. The van der Waals surface area contributed by atoms with Gasteiger partial charge in [-0.3, -0.25) is 0 Å². The lowest BCUT2D eigenvalue weighted by Crippen LogP contribution is -2.26. The van der Waals surface area contributed by atoms with E-state index < -0.39 is 0 Å². The molecule has 1 fully saturated rings. The first-order chi connectivity index (χ1) is 9.22. The highest BCUT2D eigenvalue weighted by Gasteiger charge is 2.20. The molecule has 1 aliphatic rings. The lowest BCUT2D eigenvalue weighted by molar-refractivity contribution is 0.306. The Bertz CT molecular complexity index is 404. The van der Waals surface area contributed by atoms with Crippen LogP contribution in [0.1, 0.15) is 39.0 Å². The van der Waals surface area contributed by atoms with Crippen LogP contribution >= 0.6 is 0 Å². The molecule has 0 bridgehead atoms. The molecule has 2 N–H and O–H groups in total. The smallest absolute Gasteiger partial charge is 0.242 e. The van der Waals surface area contributed by atoms with Gasteiger partial charge < -0.3 is 15.4 Å². The Hall–Kier alpha value is -1.52. The summed E-state index contributed by atoms with van der Waals surface area (Å²) in [5.41, 5.74) is 6.66. The molecule has 1 heterocycles. The second kappa shape index (κ2) is 6.59. The maximum atomic E-state index is 6.11. The monoisotopic (exact) mass is 264 g/mol. The Morgan fingerprint density at radius 2 is 2.11 bits per heavy atom. The molecule has 1 aromatic rings. The SMILES string of the molecule is CCCOc1ncnc(N(C)CC2CCCC2)c1N. The van der Waals surface area contributed by atoms with Crippen LogP contribution < -0.4 is 15.4 Å². The topological polar surface area (TPSA) is 64.3 Å². The Morgan fingerprint density at radius 3 is 2.79 bits per heavy atom. The Balaban J connectivity index is 2.05. The van der Waals surface area contributed by atoms with Crippen molar-refractivity contribution >= 4 is 11.5 Å². The van der Waals surface area contributed by atoms with Crippen LogP contribution in [0.25, 0.3) is 0 Å². The molecule has 0 atom stereocenters. The van der Waals surface area contributed by atoms with Crippen molar-refractivity contribution in [1.29, 1.82) is 0 Å². The molecule has 1 aromatic heterocycles. The zero-order valence-electron chi connectivity index (χ0n) is 11.9. The molecule has 1 aliphatic carbocycles. The van der Waals surface area contributed by atoms with E-state index in [9.17, 15) is 0 Å². The fraction of sp³-hybridized carbons (Fsp3) is 0.714. The molecule has 5 heteroatoms. The van der Waals surface area contributed by atoms with Gasteiger partial charge in [0.25, 0.3) is 0 Å². The van der Waals surface area contributed by atoms with Crippen LogP contribution in [0.15, 0.2) is 6.33 Å². The molecule has 0 radical (unpaired) electrons. The van der Waals surface area contributed by atoms with Gasteiger partial charge in [0.05, 0.1) is 6.61 Å². The van der Waals surface area contributed by atoms with Gasteiger partial charge in [-0.2, -0.15) is 4.98 Å². The summed E-state index contributed by atoms with van der Waals surface area (Å²) >= 11 is 0. The van der Waals surface area contributed by atoms with Gasteiger partial charge in [0.15, 0.2) is 5.82 Å². The molecule has 106 valence electrons. The quantitative estimate of drug-likeness (QED) is 0.855. The first kappa shape index (κ1) is 13.9. The van der Waals surface area contributed by atoms with Crippen molar-refractivity contribution in [2.24, 2.45) is 5.92 Å². The van der Waals surface area contributed by atoms with Crippen LogP contribution in [0.3, 0.4) is 0 Å². The van der Waals surface area contributed by atoms with Gasteiger partial charge in [-0.05, 0) is 25.2 Å². The first-order valence-corrected chi connectivity index (χ1v) is 7.16. The minimum absolute atomic E-state index is 0.505. The number of rotatable bonds is 6. The normalized spacial score (nSPS) is 15.7. The van der Waals surface area contributed by atoms with Gasteiger partial charge in [0.2, 0.25) is 5.88 Å². The molecular weight excluding hydrogens is 240 g/mol. The fourth-order valence-corrected chi connectivity index (χ4v) is 2.66. The number of nitrogens with two attached hydrogens (primary N) is 1. The molecule has 0 aromatic carbocycles. The average molecular weight is 264 g/mol. The van der Waals surface area contributed by atoms with Crippen molar-refractivity contribution in [3.05, 3.63) is 6.33 Å². The Kier molecular flexibility index (Phi) is 4.82. The zero-order chi connectivity index (χ0) is 13.7. The zero-order valence-corrected chi connectivity index (χ0v) is 11.9. The largest absolute Gasteiger partial charge is 0.476 e. The van der Waals surface area contributed by atoms with Crippen LogP contribution in [0.5, 0.6) is 5.88 Å². The standard InChI is InChI=1S/C14H24N4O/c1-3-8-19-14-12(15)13(16-10-17-14)18(2)9-11-6-4-5-7-11/h10-11H,3-9,15H2,1-2H3. The maximum Gasteiger partial charge on any atom is 0.242 e. The van der Waals surface area contributed by atoms with E-state index in [4.69, 9.17) is 10.5 Å². The number of aromatic nitrogens is 2. The highest BCUT2D eigenvalue weighted by Crippen LogP contribution is 2.30. The van der Waals surface area contributed by atoms with Crippen LogP contribution in [0, 0.1) is 5.92 Å². The lowest BCUT2D eigenvalue weighted by atomic mass is 10.1. The van der Waals surface area contributed by atoms with Crippen molar-refractivity contribution in [1.82, 2.24) is 9.97 Å². The average Bonchev–Trinajstić information content (AvgIpc) is 2.90. The van der Waals surface area contributed by atoms with Crippen LogP contribution in [-0.4, -0.2) is 30.2 Å². The van der Waals surface area contributed by atoms with Gasteiger partial charge in [-0.1, -0.05) is 19.8 Å². The third kappa shape index (κ3) is 3.49. The molecule has 1 saturated carbocycles. The highest BCUT2D eigenvalue weighted by molar-refractivity contribution is 5.67. The number of ether oxygens (including phenoxy) is 1. The van der Waals surface area contributed by atoms with Crippen molar-refractivity contribution in [3.63, 3.8) is 0 Å². The van der Waals surface area contributed by atoms with Crippen LogP contribution in [0.4, 0.5) is 11.5 Å². The van der Waals surface area contributed by atoms with Gasteiger partial charge in [0, 0.05) is 13.6 Å². The lowest BCUT2D eigenvalue weighted by Gasteiger charge is -2.23. The summed E-state index contributed by atoms with van der Waals surface area (Å²) in [5, 5.41) is 0. The van der Waals surface area contributed by atoms with Gasteiger partial charge >= 0.3 is 0 Å². The van der Waals surface area contributed by atoms with E-state index in [0.717, 1.165) is 24.7 Å². The van der Waals surface area contributed by atoms with Gasteiger partial charge in [-0.15, -0.1) is 0 Å². The van der Waals surface area contributed by atoms with Crippen molar-refractivity contribution in [3.8, 4) is 5.88 Å². The van der Waals surface area contributed by atoms with Crippen LogP contribution in [0.2, 0.25) is 0 Å². The van der Waals surface area contributed by atoms with E-state index >= 15 is 0 Å². The molecule has 0 amide bonds. The minimum atomic E-state index is 0.505. The molecule has 0 spiro atoms. The molecule has 0 aliphatic heterocycles. The maximum absolute atomic E-state index is 6.11. The van der Waals surface area contributed by atoms with E-state index in [1.54, 1.807) is 0 Å². The van der Waals surface area contributed by atoms with E-state index in [0.29, 0.717) is 18.2 Å². The van der Waals surface area contributed by atoms with Gasteiger partial charge in [0.1, 0.15) is 12.0 Å². The van der Waals surface area contributed by atoms with Crippen molar-refractivity contribution < 1.29 is 4.74 Å². The predicted octanol–water partition coefficient (Wildman–Crippen LogP) is 2.47. The second-order valence-corrected chi connectivity index (χ2v) is 5.30. The fourth-order valence-electron chi connectivity index (χ4n) is 2.66. The molecule has 5 nitrogen and oxygen atoms in total. The summed E-state index contributed by atoms with van der Waals surface area (Å²) < 4.78 is 5.54. The number of nitrogen functional groups attached to an aromatic ring is 1. The molecule has 2 rings (SSSR count). The molecule has 19 heavy (non-hydrogen) atoms. The van der Waals surface area contributed by atoms with E-state index in [1.165, 1.54) is 32.0 Å². The predicted molar refractivity (Wildman–Crippen MR) is 77.5 cm³/mol. The van der Waals surface area contributed by atoms with E-state index in [1.807, 2.05) is 7.05 Å². The van der Waals surface area contributed by atoms with Crippen LogP contribution in [-0.2, 0) is 0 Å². The second-order valence-electron chi connectivity index (χ2n) is 5.30. The summed E-state index contributed by atoms with van der Waals surface area (Å²) in [6.45, 7) is 3.70. The summed E-state index contributed by atoms with van der Waals surface area (Å²) in [6, 6.07) is 0. The molecule has 0 unspecified atom stereocenters. The number of hydrogen-bond acceptors (Lipinski definition) is 5. The Morgan fingerprint density at radius 1 is 1.37 bits per heavy atom. The van der Waals surface area contributed by atoms with E-state index in [2.05, 4.69) is 21.8 Å². The Labute approximate surface area is 115 Å².